The Kier molecular flexibility index (Phi) is 7.20. The first-order valence-corrected chi connectivity index (χ1v) is 8.44. The van der Waals surface area contributed by atoms with Crippen LogP contribution in [-0.4, -0.2) is 18.8 Å². The topological polar surface area (TPSA) is 100 Å². The molecule has 2 amide bonds. The highest BCUT2D eigenvalue weighted by Crippen LogP contribution is 2.18. The van der Waals surface area contributed by atoms with Gasteiger partial charge in [-0.05, 0) is 23.6 Å². The third-order valence-electron chi connectivity index (χ3n) is 3.36. The Morgan fingerprint density at radius 1 is 1.07 bits per heavy atom. The summed E-state index contributed by atoms with van der Waals surface area (Å²) in [7, 11) is 0. The summed E-state index contributed by atoms with van der Waals surface area (Å²) in [6.07, 6.45) is -1.36. The molecule has 2 aromatic rings. The summed E-state index contributed by atoms with van der Waals surface area (Å²) >= 11 is 0. The molecule has 1 atom stereocenters. The number of carbonyl (C=O) groups excluding carboxylic acids is 2. The van der Waals surface area contributed by atoms with E-state index in [1.807, 2.05) is 26.0 Å². The standard InChI is InChI=1S/C20H21N3O4/c1-14(2)13-26-19(24)22-16-9-6-10-17(11-16)27-20(25)23-18(12-21)15-7-4-3-5-8-15/h3-11,14,18H,13H2,1-2H3,(H,22,24)(H,23,25). The molecule has 140 valence electrons. The summed E-state index contributed by atoms with van der Waals surface area (Å²) < 4.78 is 10.2. The molecule has 7 heteroatoms. The van der Waals surface area contributed by atoms with Crippen LogP contribution in [0, 0.1) is 17.2 Å². The molecule has 0 bridgehead atoms. The number of hydrogen-bond donors (Lipinski definition) is 2. The number of carbonyl (C=O) groups is 2. The molecule has 2 rings (SSSR count). The Labute approximate surface area is 157 Å². The molecule has 0 saturated carbocycles. The first-order chi connectivity index (χ1) is 13.0. The highest BCUT2D eigenvalue weighted by molar-refractivity contribution is 5.85. The molecule has 0 aliphatic carbocycles. The summed E-state index contributed by atoms with van der Waals surface area (Å²) in [5, 5.41) is 14.3. The van der Waals surface area contributed by atoms with E-state index in [-0.39, 0.29) is 11.7 Å². The Bertz CT molecular complexity index is 815. The number of rotatable bonds is 6. The first kappa shape index (κ1) is 19.8. The van der Waals surface area contributed by atoms with Crippen LogP contribution in [0.4, 0.5) is 15.3 Å². The molecule has 0 radical (unpaired) electrons. The van der Waals surface area contributed by atoms with Crippen molar-refractivity contribution in [1.82, 2.24) is 5.32 Å². The fourth-order valence-electron chi connectivity index (χ4n) is 2.12. The normalized spacial score (nSPS) is 11.2. The second-order valence-electron chi connectivity index (χ2n) is 6.15. The van der Waals surface area contributed by atoms with Gasteiger partial charge < -0.3 is 14.8 Å². The van der Waals surface area contributed by atoms with E-state index in [1.54, 1.807) is 42.5 Å². The van der Waals surface area contributed by atoms with Crippen molar-refractivity contribution in [3.63, 3.8) is 0 Å². The second kappa shape index (κ2) is 9.82. The Morgan fingerprint density at radius 3 is 2.48 bits per heavy atom. The number of nitrogens with zero attached hydrogens (tertiary/aromatic N) is 1. The van der Waals surface area contributed by atoms with Gasteiger partial charge in [0.25, 0.3) is 0 Å². The molecule has 1 unspecified atom stereocenters. The summed E-state index contributed by atoms with van der Waals surface area (Å²) in [5.41, 5.74) is 1.08. The number of benzene rings is 2. The molecule has 0 spiro atoms. The maximum atomic E-state index is 12.1. The van der Waals surface area contributed by atoms with Crippen LogP contribution in [0.3, 0.4) is 0 Å². The smallest absolute Gasteiger partial charge is 0.413 e. The van der Waals surface area contributed by atoms with Crippen LogP contribution in [0.15, 0.2) is 54.6 Å². The third kappa shape index (κ3) is 6.71. The average Bonchev–Trinajstić information content (AvgIpc) is 2.65. The maximum absolute atomic E-state index is 12.1. The fraction of sp³-hybridized carbons (Fsp3) is 0.250. The van der Waals surface area contributed by atoms with Crippen LogP contribution >= 0.6 is 0 Å². The summed E-state index contributed by atoms with van der Waals surface area (Å²) in [4.78, 5) is 23.8. The van der Waals surface area contributed by atoms with Crippen molar-refractivity contribution in [2.45, 2.75) is 19.9 Å². The van der Waals surface area contributed by atoms with E-state index >= 15 is 0 Å². The number of nitrogens with one attached hydrogen (secondary N) is 2. The van der Waals surface area contributed by atoms with E-state index in [9.17, 15) is 14.9 Å². The van der Waals surface area contributed by atoms with Crippen molar-refractivity contribution >= 4 is 17.9 Å². The van der Waals surface area contributed by atoms with Gasteiger partial charge in [0, 0.05) is 11.8 Å². The lowest BCUT2D eigenvalue weighted by molar-refractivity contribution is 0.147. The van der Waals surface area contributed by atoms with Crippen molar-refractivity contribution in [2.75, 3.05) is 11.9 Å². The van der Waals surface area contributed by atoms with E-state index in [2.05, 4.69) is 10.6 Å². The number of ether oxygens (including phenoxy) is 2. The highest BCUT2D eigenvalue weighted by Gasteiger charge is 2.15. The van der Waals surface area contributed by atoms with Crippen LogP contribution in [-0.2, 0) is 4.74 Å². The lowest BCUT2D eigenvalue weighted by atomic mass is 10.1. The molecule has 27 heavy (non-hydrogen) atoms. The van der Waals surface area contributed by atoms with Crippen LogP contribution in [0.25, 0.3) is 0 Å². The summed E-state index contributed by atoms with van der Waals surface area (Å²) in [5.74, 6) is 0.450. The molecule has 7 nitrogen and oxygen atoms in total. The van der Waals surface area contributed by atoms with E-state index < -0.39 is 18.2 Å². The number of amides is 2. The highest BCUT2D eigenvalue weighted by atomic mass is 16.6. The Morgan fingerprint density at radius 2 is 1.81 bits per heavy atom. The molecule has 0 aliphatic rings. The van der Waals surface area contributed by atoms with Gasteiger partial charge in [-0.2, -0.15) is 5.26 Å². The number of anilines is 1. The van der Waals surface area contributed by atoms with Crippen molar-refractivity contribution < 1.29 is 19.1 Å². The zero-order valence-corrected chi connectivity index (χ0v) is 15.1. The van der Waals surface area contributed by atoms with Gasteiger partial charge in [-0.3, -0.25) is 5.32 Å². The van der Waals surface area contributed by atoms with E-state index in [0.717, 1.165) is 0 Å². The van der Waals surface area contributed by atoms with Crippen LogP contribution < -0.4 is 15.4 Å². The van der Waals surface area contributed by atoms with E-state index in [1.165, 1.54) is 6.07 Å². The van der Waals surface area contributed by atoms with Gasteiger partial charge >= 0.3 is 12.2 Å². The van der Waals surface area contributed by atoms with Crippen molar-refractivity contribution in [3.8, 4) is 11.8 Å². The monoisotopic (exact) mass is 367 g/mol. The van der Waals surface area contributed by atoms with Gasteiger partial charge in [-0.25, -0.2) is 9.59 Å². The number of nitriles is 1. The maximum Gasteiger partial charge on any atom is 0.413 e. The predicted molar refractivity (Wildman–Crippen MR) is 100 cm³/mol. The van der Waals surface area contributed by atoms with Gasteiger partial charge in [0.2, 0.25) is 0 Å². The minimum absolute atomic E-state index is 0.221. The van der Waals surface area contributed by atoms with Gasteiger partial charge in [0.1, 0.15) is 11.8 Å². The third-order valence-corrected chi connectivity index (χ3v) is 3.36. The Hall–Kier alpha value is -3.53. The predicted octanol–water partition coefficient (Wildman–Crippen LogP) is 4.24. The zero-order valence-electron chi connectivity index (χ0n) is 15.1. The van der Waals surface area contributed by atoms with Gasteiger partial charge in [0.15, 0.2) is 0 Å². The van der Waals surface area contributed by atoms with Gasteiger partial charge in [0.05, 0.1) is 12.7 Å². The first-order valence-electron chi connectivity index (χ1n) is 8.44. The minimum Gasteiger partial charge on any atom is -0.449 e. The molecule has 0 aliphatic heterocycles. The summed E-state index contributed by atoms with van der Waals surface area (Å²) in [6.45, 7) is 4.17. The van der Waals surface area contributed by atoms with Crippen molar-refractivity contribution in [3.05, 3.63) is 60.2 Å². The van der Waals surface area contributed by atoms with E-state index in [0.29, 0.717) is 17.9 Å². The molecule has 0 aromatic heterocycles. The van der Waals surface area contributed by atoms with Crippen molar-refractivity contribution in [2.24, 2.45) is 5.92 Å². The Balaban J connectivity index is 1.94. The van der Waals surface area contributed by atoms with Crippen LogP contribution in [0.2, 0.25) is 0 Å². The molecule has 0 saturated heterocycles. The van der Waals surface area contributed by atoms with E-state index in [4.69, 9.17) is 9.47 Å². The molecule has 2 aromatic carbocycles. The van der Waals surface area contributed by atoms with Gasteiger partial charge in [-0.15, -0.1) is 0 Å². The molecule has 0 fully saturated rings. The van der Waals surface area contributed by atoms with Crippen LogP contribution in [0.1, 0.15) is 25.5 Å². The minimum atomic E-state index is -0.828. The van der Waals surface area contributed by atoms with Crippen molar-refractivity contribution in [1.29, 1.82) is 5.26 Å². The molecular weight excluding hydrogens is 346 g/mol. The zero-order chi connectivity index (χ0) is 19.6. The lowest BCUT2D eigenvalue weighted by Gasteiger charge is -2.13. The number of hydrogen-bond acceptors (Lipinski definition) is 5. The average molecular weight is 367 g/mol. The fourth-order valence-corrected chi connectivity index (χ4v) is 2.12. The molecule has 0 heterocycles. The molecule has 2 N–H and O–H groups in total. The second-order valence-corrected chi connectivity index (χ2v) is 6.15. The lowest BCUT2D eigenvalue weighted by Crippen LogP contribution is -2.30. The largest absolute Gasteiger partial charge is 0.449 e. The quantitative estimate of drug-likeness (QED) is 0.795. The van der Waals surface area contributed by atoms with Gasteiger partial charge in [-0.1, -0.05) is 50.2 Å². The SMILES string of the molecule is CC(C)COC(=O)Nc1cccc(OC(=O)NC(C#N)c2ccccc2)c1. The van der Waals surface area contributed by atoms with Crippen LogP contribution in [0.5, 0.6) is 5.75 Å². The summed E-state index contributed by atoms with van der Waals surface area (Å²) in [6, 6.07) is 16.4. The molecular formula is C20H21N3O4.